The highest BCUT2D eigenvalue weighted by Crippen LogP contribution is 2.32. The van der Waals surface area contributed by atoms with Gasteiger partial charge < -0.3 is 4.90 Å². The lowest BCUT2D eigenvalue weighted by Gasteiger charge is -2.36. The molecular weight excluding hydrogens is 246 g/mol. The summed E-state index contributed by atoms with van der Waals surface area (Å²) in [5, 5.41) is 0. The van der Waals surface area contributed by atoms with Crippen molar-refractivity contribution in [3.8, 4) is 0 Å². The Bertz CT molecular complexity index is 297. The molecule has 0 aromatic carbocycles. The molecule has 116 valence electrons. The molecule has 0 bridgehead atoms. The summed E-state index contributed by atoms with van der Waals surface area (Å²) in [5.41, 5.74) is 0. The average Bonchev–Trinajstić information content (AvgIpc) is 2.48. The number of Topliss-reactive ketones (excluding diaryl/α,β-unsaturated/α-hetero) is 1. The highest BCUT2D eigenvalue weighted by molar-refractivity contribution is 5.82. The van der Waals surface area contributed by atoms with Crippen molar-refractivity contribution in [2.75, 3.05) is 19.6 Å². The molecule has 2 fully saturated rings. The third-order valence-corrected chi connectivity index (χ3v) is 5.62. The van der Waals surface area contributed by atoms with E-state index < -0.39 is 0 Å². The summed E-state index contributed by atoms with van der Waals surface area (Å²) >= 11 is 0. The van der Waals surface area contributed by atoms with E-state index in [1.165, 1.54) is 38.6 Å². The van der Waals surface area contributed by atoms with E-state index >= 15 is 0 Å². The first kappa shape index (κ1) is 16.0. The smallest absolute Gasteiger partial charge is 0.138 e. The van der Waals surface area contributed by atoms with Gasteiger partial charge in [0.2, 0.25) is 0 Å². The summed E-state index contributed by atoms with van der Waals surface area (Å²) in [6.07, 6.45) is 9.33. The second kappa shape index (κ2) is 7.59. The fraction of sp³-hybridized carbons (Fsp3) is 0.944. The number of rotatable bonds is 5. The number of carbonyl (C=O) groups excluding carboxylic acids is 1. The van der Waals surface area contributed by atoms with Gasteiger partial charge in [0, 0.05) is 18.4 Å². The van der Waals surface area contributed by atoms with Crippen LogP contribution in [0.1, 0.15) is 65.7 Å². The molecule has 20 heavy (non-hydrogen) atoms. The zero-order valence-electron chi connectivity index (χ0n) is 13.7. The van der Waals surface area contributed by atoms with Crippen molar-refractivity contribution in [3.05, 3.63) is 0 Å². The molecule has 0 radical (unpaired) electrons. The third-order valence-electron chi connectivity index (χ3n) is 5.62. The number of carbonyl (C=O) groups is 1. The lowest BCUT2D eigenvalue weighted by Crippen LogP contribution is -2.40. The monoisotopic (exact) mass is 279 g/mol. The average molecular weight is 279 g/mol. The second-order valence-corrected chi connectivity index (χ2v) is 7.43. The van der Waals surface area contributed by atoms with Gasteiger partial charge in [0.25, 0.3) is 0 Å². The van der Waals surface area contributed by atoms with Crippen LogP contribution in [0.15, 0.2) is 0 Å². The van der Waals surface area contributed by atoms with Gasteiger partial charge in [-0.25, -0.2) is 0 Å². The fourth-order valence-electron chi connectivity index (χ4n) is 4.06. The maximum atomic E-state index is 12.0. The van der Waals surface area contributed by atoms with Gasteiger partial charge in [0.05, 0.1) is 0 Å². The van der Waals surface area contributed by atoms with Gasteiger partial charge in [-0.2, -0.15) is 0 Å². The minimum absolute atomic E-state index is 0.218. The van der Waals surface area contributed by atoms with Gasteiger partial charge >= 0.3 is 0 Å². The predicted molar refractivity (Wildman–Crippen MR) is 84.7 cm³/mol. The molecule has 2 aliphatic rings. The molecule has 1 saturated heterocycles. The van der Waals surface area contributed by atoms with Crippen LogP contribution in [-0.2, 0) is 4.79 Å². The van der Waals surface area contributed by atoms with E-state index in [4.69, 9.17) is 0 Å². The number of ketones is 1. The minimum Gasteiger partial charge on any atom is -0.303 e. The zero-order chi connectivity index (χ0) is 14.5. The number of hydrogen-bond donors (Lipinski definition) is 0. The molecule has 0 aromatic heterocycles. The molecule has 0 spiro atoms. The fourth-order valence-corrected chi connectivity index (χ4v) is 4.06. The van der Waals surface area contributed by atoms with Crippen LogP contribution < -0.4 is 0 Å². The molecule has 2 rings (SSSR count). The van der Waals surface area contributed by atoms with E-state index in [0.717, 1.165) is 37.8 Å². The minimum atomic E-state index is 0.218. The quantitative estimate of drug-likeness (QED) is 0.754. The van der Waals surface area contributed by atoms with Gasteiger partial charge in [0.15, 0.2) is 0 Å². The van der Waals surface area contributed by atoms with E-state index in [2.05, 4.69) is 11.8 Å². The first-order valence-electron chi connectivity index (χ1n) is 8.86. The summed E-state index contributed by atoms with van der Waals surface area (Å²) in [5.74, 6) is 2.99. The molecule has 0 aromatic rings. The Kier molecular flexibility index (Phi) is 6.07. The van der Waals surface area contributed by atoms with Crippen molar-refractivity contribution in [2.45, 2.75) is 65.7 Å². The van der Waals surface area contributed by atoms with Gasteiger partial charge in [-0.05, 0) is 50.6 Å². The Labute approximate surface area is 125 Å². The predicted octanol–water partition coefficient (Wildman–Crippen LogP) is 4.14. The Morgan fingerprint density at radius 3 is 2.05 bits per heavy atom. The lowest BCUT2D eigenvalue weighted by atomic mass is 9.80. The maximum Gasteiger partial charge on any atom is 0.138 e. The van der Waals surface area contributed by atoms with Crippen molar-refractivity contribution >= 4 is 5.78 Å². The third kappa shape index (κ3) is 4.31. The van der Waals surface area contributed by atoms with E-state index in [1.807, 2.05) is 13.8 Å². The molecular formula is C18H33NO. The number of hydrogen-bond acceptors (Lipinski definition) is 2. The summed E-state index contributed by atoms with van der Waals surface area (Å²) in [7, 11) is 0. The lowest BCUT2D eigenvalue weighted by molar-refractivity contribution is -0.127. The maximum absolute atomic E-state index is 12.0. The largest absolute Gasteiger partial charge is 0.303 e. The van der Waals surface area contributed by atoms with Crippen LogP contribution in [0, 0.1) is 23.7 Å². The highest BCUT2D eigenvalue weighted by atomic mass is 16.1. The first-order valence-corrected chi connectivity index (χ1v) is 8.86. The zero-order valence-corrected chi connectivity index (χ0v) is 13.7. The van der Waals surface area contributed by atoms with Crippen LogP contribution in [0.5, 0.6) is 0 Å². The van der Waals surface area contributed by atoms with Crippen LogP contribution in [-0.4, -0.2) is 30.3 Å². The Hall–Kier alpha value is -0.370. The molecule has 1 aliphatic carbocycles. The molecule has 1 heterocycles. The molecule has 0 N–H and O–H groups in total. The summed E-state index contributed by atoms with van der Waals surface area (Å²) in [6, 6.07) is 0. The topological polar surface area (TPSA) is 20.3 Å². The second-order valence-electron chi connectivity index (χ2n) is 7.43. The first-order chi connectivity index (χ1) is 9.60. The van der Waals surface area contributed by atoms with Crippen molar-refractivity contribution in [2.24, 2.45) is 23.7 Å². The molecule has 0 atom stereocenters. The van der Waals surface area contributed by atoms with E-state index in [0.29, 0.717) is 11.7 Å². The molecule has 2 nitrogen and oxygen atoms in total. The molecule has 1 saturated carbocycles. The van der Waals surface area contributed by atoms with Gasteiger partial charge in [-0.3, -0.25) is 4.79 Å². The van der Waals surface area contributed by atoms with E-state index in [1.54, 1.807) is 0 Å². The van der Waals surface area contributed by atoms with E-state index in [-0.39, 0.29) is 5.92 Å². The van der Waals surface area contributed by atoms with Crippen molar-refractivity contribution in [1.82, 2.24) is 4.90 Å². The highest BCUT2D eigenvalue weighted by Gasteiger charge is 2.28. The van der Waals surface area contributed by atoms with Crippen LogP contribution >= 0.6 is 0 Å². The number of nitrogens with zero attached hydrogens (tertiary/aromatic N) is 1. The van der Waals surface area contributed by atoms with Crippen molar-refractivity contribution in [3.63, 3.8) is 0 Å². The van der Waals surface area contributed by atoms with Crippen LogP contribution in [0.25, 0.3) is 0 Å². The normalized spacial score (nSPS) is 29.8. The van der Waals surface area contributed by atoms with Crippen molar-refractivity contribution in [1.29, 1.82) is 0 Å². The number of piperidine rings is 1. The Morgan fingerprint density at radius 1 is 1.00 bits per heavy atom. The Morgan fingerprint density at radius 2 is 1.55 bits per heavy atom. The van der Waals surface area contributed by atoms with Gasteiger partial charge in [0.1, 0.15) is 5.78 Å². The summed E-state index contributed by atoms with van der Waals surface area (Å²) in [6.45, 7) is 10.0. The SMILES string of the molecule is CC[C@H]1CC[C@H](CN2CCC(C(=O)C(C)C)CC2)CC1. The molecule has 1 aliphatic heterocycles. The van der Waals surface area contributed by atoms with Crippen LogP contribution in [0.2, 0.25) is 0 Å². The van der Waals surface area contributed by atoms with Crippen molar-refractivity contribution < 1.29 is 4.79 Å². The van der Waals surface area contributed by atoms with E-state index in [9.17, 15) is 4.79 Å². The number of likely N-dealkylation sites (tertiary alicyclic amines) is 1. The molecule has 2 heteroatoms. The summed E-state index contributed by atoms with van der Waals surface area (Å²) in [4.78, 5) is 14.7. The molecule has 0 unspecified atom stereocenters. The standard InChI is InChI=1S/C18H33NO/c1-4-15-5-7-16(8-6-15)13-19-11-9-17(10-12-19)18(20)14(2)3/h14-17H,4-13H2,1-3H3/t15-,16-. The van der Waals surface area contributed by atoms with Gasteiger partial charge in [-0.15, -0.1) is 0 Å². The van der Waals surface area contributed by atoms with Gasteiger partial charge in [-0.1, -0.05) is 40.0 Å². The van der Waals surface area contributed by atoms with Crippen LogP contribution in [0.3, 0.4) is 0 Å². The summed E-state index contributed by atoms with van der Waals surface area (Å²) < 4.78 is 0. The van der Waals surface area contributed by atoms with Crippen LogP contribution in [0.4, 0.5) is 0 Å². The Balaban J connectivity index is 1.68. The molecule has 0 amide bonds.